The molecule has 0 N–H and O–H groups in total. The Bertz CT molecular complexity index is 359. The standard InChI is InChI=1S/C8H10BrN3O.CH2O3.2K/c9-7-5-10-8(11-6-7)12-1-3-13-4-2-12;2-1(3)4;;/h5-6H,1-4H2;(H2,2,3,4);;/q;;2*+1/p-2. The maximum absolute atomic E-state index is 8.33. The van der Waals surface area contributed by atoms with Gasteiger partial charge in [0.25, 0.3) is 0 Å². The largest absolute Gasteiger partial charge is 1.00 e. The third kappa shape index (κ3) is 11.1. The third-order valence-corrected chi connectivity index (χ3v) is 2.31. The Balaban J connectivity index is 0. The van der Waals surface area contributed by atoms with E-state index in [0.29, 0.717) is 0 Å². The molecule has 0 atom stereocenters. The Hall–Kier alpha value is 1.86. The molecule has 1 aromatic rings. The smallest absolute Gasteiger partial charge is 0.652 e. The van der Waals surface area contributed by atoms with Crippen LogP contribution in [0.4, 0.5) is 10.7 Å². The zero-order chi connectivity index (χ0) is 12.7. The molecule has 10 heteroatoms. The Kier molecular flexibility index (Phi) is 16.5. The molecule has 0 saturated carbocycles. The molecule has 7 nitrogen and oxygen atoms in total. The van der Waals surface area contributed by atoms with Gasteiger partial charge in [-0.2, -0.15) is 0 Å². The van der Waals surface area contributed by atoms with Crippen molar-refractivity contribution < 1.29 is 123 Å². The van der Waals surface area contributed by atoms with Crippen molar-refractivity contribution in [1.82, 2.24) is 9.97 Å². The molecule has 0 amide bonds. The molecule has 0 aromatic carbocycles. The van der Waals surface area contributed by atoms with Crippen LogP contribution in [0.1, 0.15) is 0 Å². The molecule has 19 heavy (non-hydrogen) atoms. The normalized spacial score (nSPS) is 13.2. The van der Waals surface area contributed by atoms with E-state index in [0.717, 1.165) is 36.7 Å². The molecular weight excluding hydrogens is 372 g/mol. The minimum Gasteiger partial charge on any atom is -0.652 e. The molecular formula is C9H10BrK2N3O4. The first-order valence-corrected chi connectivity index (χ1v) is 5.57. The van der Waals surface area contributed by atoms with Gasteiger partial charge in [-0.05, 0) is 22.1 Å². The van der Waals surface area contributed by atoms with Crippen LogP contribution < -0.4 is 118 Å². The number of halogens is 1. The van der Waals surface area contributed by atoms with Crippen molar-refractivity contribution in [2.45, 2.75) is 0 Å². The summed E-state index contributed by atoms with van der Waals surface area (Å²) in [6.07, 6.45) is 1.19. The van der Waals surface area contributed by atoms with Crippen LogP contribution in [0.2, 0.25) is 0 Å². The number of morpholine rings is 1. The number of aromatic nitrogens is 2. The fourth-order valence-corrected chi connectivity index (χ4v) is 1.44. The summed E-state index contributed by atoms with van der Waals surface area (Å²) in [4.78, 5) is 18.9. The number of rotatable bonds is 1. The summed E-state index contributed by atoms with van der Waals surface area (Å²) in [6.45, 7) is 3.28. The van der Waals surface area contributed by atoms with E-state index in [-0.39, 0.29) is 103 Å². The van der Waals surface area contributed by atoms with E-state index in [1.807, 2.05) is 0 Å². The predicted molar refractivity (Wildman–Crippen MR) is 58.2 cm³/mol. The molecule has 1 saturated heterocycles. The van der Waals surface area contributed by atoms with Crippen molar-refractivity contribution in [2.75, 3.05) is 31.2 Å². The van der Waals surface area contributed by atoms with Gasteiger partial charge < -0.3 is 24.6 Å². The van der Waals surface area contributed by atoms with Gasteiger partial charge in [-0.3, -0.25) is 0 Å². The molecule has 94 valence electrons. The second-order valence-electron chi connectivity index (χ2n) is 3.05. The fourth-order valence-electron chi connectivity index (χ4n) is 1.23. The number of carbonyl (C=O) groups is 1. The zero-order valence-corrected chi connectivity index (χ0v) is 18.7. The molecule has 0 radical (unpaired) electrons. The number of ether oxygens (including phenoxy) is 1. The van der Waals surface area contributed by atoms with Gasteiger partial charge in [-0.25, -0.2) is 9.97 Å². The Morgan fingerprint density at radius 3 is 2.05 bits per heavy atom. The van der Waals surface area contributed by atoms with E-state index in [2.05, 4.69) is 30.8 Å². The van der Waals surface area contributed by atoms with Crippen LogP contribution in [-0.2, 0) is 4.74 Å². The van der Waals surface area contributed by atoms with Crippen LogP contribution >= 0.6 is 15.9 Å². The van der Waals surface area contributed by atoms with Gasteiger partial charge in [0.2, 0.25) is 5.95 Å². The molecule has 1 fully saturated rings. The van der Waals surface area contributed by atoms with Crippen LogP contribution in [0.5, 0.6) is 0 Å². The second-order valence-corrected chi connectivity index (χ2v) is 3.97. The van der Waals surface area contributed by atoms with Gasteiger partial charge in [-0.1, -0.05) is 0 Å². The van der Waals surface area contributed by atoms with Crippen molar-refractivity contribution in [3.8, 4) is 0 Å². The van der Waals surface area contributed by atoms with Crippen molar-refractivity contribution in [1.29, 1.82) is 0 Å². The van der Waals surface area contributed by atoms with Gasteiger partial charge in [0, 0.05) is 25.5 Å². The number of carboxylic acid groups (broad SMARTS) is 2. The first-order valence-electron chi connectivity index (χ1n) is 4.78. The van der Waals surface area contributed by atoms with E-state index in [1.165, 1.54) is 0 Å². The maximum Gasteiger partial charge on any atom is 1.00 e. The van der Waals surface area contributed by atoms with E-state index >= 15 is 0 Å². The van der Waals surface area contributed by atoms with Crippen LogP contribution in [-0.4, -0.2) is 42.4 Å². The minimum atomic E-state index is -2.33. The summed E-state index contributed by atoms with van der Waals surface area (Å²) in [5.41, 5.74) is 0. The number of hydrogen-bond donors (Lipinski definition) is 0. The van der Waals surface area contributed by atoms with Crippen molar-refractivity contribution in [2.24, 2.45) is 0 Å². The summed E-state index contributed by atoms with van der Waals surface area (Å²) < 4.78 is 6.15. The Labute approximate surface area is 204 Å². The first kappa shape index (κ1) is 23.1. The molecule has 1 aromatic heterocycles. The molecule has 0 aliphatic carbocycles. The monoisotopic (exact) mass is 381 g/mol. The van der Waals surface area contributed by atoms with Gasteiger partial charge in [0.05, 0.1) is 17.7 Å². The summed E-state index contributed by atoms with van der Waals surface area (Å²) >= 11 is 3.30. The van der Waals surface area contributed by atoms with Crippen LogP contribution in [0, 0.1) is 0 Å². The van der Waals surface area contributed by atoms with E-state index in [1.54, 1.807) is 12.4 Å². The van der Waals surface area contributed by atoms with Crippen molar-refractivity contribution in [3.05, 3.63) is 16.9 Å². The average Bonchev–Trinajstić information content (AvgIpc) is 2.30. The van der Waals surface area contributed by atoms with Crippen molar-refractivity contribution >= 4 is 28.0 Å². The maximum atomic E-state index is 8.33. The summed E-state index contributed by atoms with van der Waals surface area (Å²) in [5, 5.41) is 16.7. The third-order valence-electron chi connectivity index (χ3n) is 1.90. The van der Waals surface area contributed by atoms with E-state index in [4.69, 9.17) is 19.7 Å². The first-order chi connectivity index (χ1) is 8.09. The van der Waals surface area contributed by atoms with Gasteiger partial charge in [0.1, 0.15) is 0 Å². The Morgan fingerprint density at radius 1 is 1.21 bits per heavy atom. The number of hydrogen-bond acceptors (Lipinski definition) is 7. The predicted octanol–water partition coefficient (Wildman–Crippen LogP) is -7.36. The quantitative estimate of drug-likeness (QED) is 0.445. The van der Waals surface area contributed by atoms with E-state index < -0.39 is 6.16 Å². The van der Waals surface area contributed by atoms with E-state index in [9.17, 15) is 0 Å². The Morgan fingerprint density at radius 2 is 1.63 bits per heavy atom. The number of anilines is 1. The summed E-state index contributed by atoms with van der Waals surface area (Å²) in [5.74, 6) is 0.784. The van der Waals surface area contributed by atoms with Crippen LogP contribution in [0.25, 0.3) is 0 Å². The molecule has 0 bridgehead atoms. The minimum absolute atomic E-state index is 0. The molecule has 0 unspecified atom stereocenters. The van der Waals surface area contributed by atoms with Gasteiger partial charge >= 0.3 is 103 Å². The zero-order valence-electron chi connectivity index (χ0n) is 10.8. The fraction of sp³-hybridized carbons (Fsp3) is 0.444. The SMILES string of the molecule is Brc1cnc(N2CCOCC2)nc1.O=C([O-])[O-].[K+].[K+]. The number of carbonyl (C=O) groups excluding carboxylic acids is 1. The van der Waals surface area contributed by atoms with Crippen molar-refractivity contribution in [3.63, 3.8) is 0 Å². The molecule has 0 spiro atoms. The number of nitrogens with zero attached hydrogens (tertiary/aromatic N) is 3. The molecule has 2 heterocycles. The molecule has 1 aliphatic rings. The van der Waals surface area contributed by atoms with Gasteiger partial charge in [-0.15, -0.1) is 0 Å². The van der Waals surface area contributed by atoms with Crippen LogP contribution in [0.3, 0.4) is 0 Å². The molecule has 1 aliphatic heterocycles. The summed E-state index contributed by atoms with van der Waals surface area (Å²) in [7, 11) is 0. The second kappa shape index (κ2) is 13.5. The topological polar surface area (TPSA) is 101 Å². The summed E-state index contributed by atoms with van der Waals surface area (Å²) in [6, 6.07) is 0. The average molecular weight is 382 g/mol. The van der Waals surface area contributed by atoms with Crippen LogP contribution in [0.15, 0.2) is 16.9 Å². The molecule has 2 rings (SSSR count). The van der Waals surface area contributed by atoms with Gasteiger partial charge in [0.15, 0.2) is 0 Å².